The molecular formula is C17H17N3O4. The summed E-state index contributed by atoms with van der Waals surface area (Å²) < 4.78 is 1.09. The molecule has 1 aromatic carbocycles. The number of aliphatic carboxylic acids is 1. The number of carbonyl (C=O) groups excluding carboxylic acids is 1. The topological polar surface area (TPSA) is 92.5 Å². The third kappa shape index (κ3) is 3.19. The summed E-state index contributed by atoms with van der Waals surface area (Å²) >= 11 is 0. The quantitative estimate of drug-likeness (QED) is 0.904. The first kappa shape index (κ1) is 15.9. The van der Waals surface area contributed by atoms with Gasteiger partial charge in [-0.3, -0.25) is 9.59 Å². The molecule has 0 unspecified atom stereocenters. The summed E-state index contributed by atoms with van der Waals surface area (Å²) in [6, 6.07) is 11.5. The van der Waals surface area contributed by atoms with Gasteiger partial charge in [0.1, 0.15) is 12.6 Å². The summed E-state index contributed by atoms with van der Waals surface area (Å²) in [5.41, 5.74) is 1.02. The monoisotopic (exact) mass is 327 g/mol. The van der Waals surface area contributed by atoms with E-state index in [4.69, 9.17) is 5.11 Å². The molecule has 24 heavy (non-hydrogen) atoms. The van der Waals surface area contributed by atoms with Gasteiger partial charge in [-0.2, -0.15) is 5.10 Å². The molecule has 0 saturated carbocycles. The Labute approximate surface area is 138 Å². The van der Waals surface area contributed by atoms with Crippen LogP contribution in [0.25, 0.3) is 11.3 Å². The van der Waals surface area contributed by atoms with Gasteiger partial charge in [-0.25, -0.2) is 9.48 Å². The van der Waals surface area contributed by atoms with Crippen LogP contribution in [0.15, 0.2) is 47.3 Å². The molecule has 0 aliphatic carbocycles. The number of likely N-dealkylation sites (tertiary alicyclic amines) is 1. The third-order valence-corrected chi connectivity index (χ3v) is 4.08. The molecule has 1 aromatic heterocycles. The number of rotatable bonds is 4. The number of carbonyl (C=O) groups is 2. The second-order valence-electron chi connectivity index (χ2n) is 5.66. The molecule has 2 heterocycles. The predicted octanol–water partition coefficient (Wildman–Crippen LogP) is 0.986. The summed E-state index contributed by atoms with van der Waals surface area (Å²) in [4.78, 5) is 36.9. The van der Waals surface area contributed by atoms with Gasteiger partial charge in [0.05, 0.1) is 5.69 Å². The highest BCUT2D eigenvalue weighted by Crippen LogP contribution is 2.18. The van der Waals surface area contributed by atoms with Crippen molar-refractivity contribution in [3.05, 3.63) is 52.8 Å². The molecule has 0 radical (unpaired) electrons. The van der Waals surface area contributed by atoms with E-state index in [1.807, 2.05) is 30.3 Å². The minimum absolute atomic E-state index is 0.261. The minimum atomic E-state index is -1.01. The van der Waals surface area contributed by atoms with Crippen molar-refractivity contribution in [2.45, 2.75) is 25.4 Å². The lowest BCUT2D eigenvalue weighted by Crippen LogP contribution is -2.43. The first-order valence-corrected chi connectivity index (χ1v) is 7.72. The standard InChI is InChI=1S/C17H17N3O4/c21-15-9-8-13(12-5-2-1-3-6-12)18-20(15)11-16(22)19-10-4-7-14(19)17(23)24/h1-3,5-6,8-9,14H,4,7,10-11H2,(H,23,24)/t14-/m0/s1. The number of carboxylic acid groups (broad SMARTS) is 1. The molecule has 7 heteroatoms. The van der Waals surface area contributed by atoms with Crippen molar-refractivity contribution < 1.29 is 14.7 Å². The van der Waals surface area contributed by atoms with E-state index >= 15 is 0 Å². The van der Waals surface area contributed by atoms with E-state index in [9.17, 15) is 14.4 Å². The molecule has 1 saturated heterocycles. The summed E-state index contributed by atoms with van der Waals surface area (Å²) in [6.45, 7) is 0.131. The van der Waals surface area contributed by atoms with E-state index in [1.54, 1.807) is 6.07 Å². The van der Waals surface area contributed by atoms with E-state index in [1.165, 1.54) is 11.0 Å². The van der Waals surface area contributed by atoms with Crippen LogP contribution in [-0.2, 0) is 16.1 Å². The Morgan fingerprint density at radius 1 is 1.17 bits per heavy atom. The van der Waals surface area contributed by atoms with Gasteiger partial charge in [0.2, 0.25) is 5.91 Å². The Kier molecular flexibility index (Phi) is 4.41. The highest BCUT2D eigenvalue weighted by atomic mass is 16.4. The molecule has 0 bridgehead atoms. The van der Waals surface area contributed by atoms with Crippen LogP contribution in [0.3, 0.4) is 0 Å². The lowest BCUT2D eigenvalue weighted by atomic mass is 10.1. The zero-order chi connectivity index (χ0) is 17.1. The van der Waals surface area contributed by atoms with Gasteiger partial charge in [-0.05, 0) is 18.9 Å². The molecule has 1 amide bonds. The maximum Gasteiger partial charge on any atom is 0.326 e. The van der Waals surface area contributed by atoms with Crippen molar-refractivity contribution in [1.82, 2.24) is 14.7 Å². The molecule has 1 aliphatic rings. The predicted molar refractivity (Wildman–Crippen MR) is 86.3 cm³/mol. The molecule has 0 spiro atoms. The maximum atomic E-state index is 12.4. The Bertz CT molecular complexity index is 816. The second-order valence-corrected chi connectivity index (χ2v) is 5.66. The van der Waals surface area contributed by atoms with Crippen molar-refractivity contribution in [2.75, 3.05) is 6.54 Å². The van der Waals surface area contributed by atoms with Crippen LogP contribution in [-0.4, -0.2) is 44.3 Å². The van der Waals surface area contributed by atoms with Crippen molar-refractivity contribution in [1.29, 1.82) is 0 Å². The minimum Gasteiger partial charge on any atom is -0.480 e. The van der Waals surface area contributed by atoms with Crippen LogP contribution in [0, 0.1) is 0 Å². The molecule has 1 aliphatic heterocycles. The smallest absolute Gasteiger partial charge is 0.326 e. The Hall–Kier alpha value is -2.96. The van der Waals surface area contributed by atoms with E-state index in [0.717, 1.165) is 10.2 Å². The molecule has 2 aromatic rings. The Morgan fingerprint density at radius 3 is 2.62 bits per heavy atom. The van der Waals surface area contributed by atoms with Crippen LogP contribution < -0.4 is 5.56 Å². The fourth-order valence-corrected chi connectivity index (χ4v) is 2.87. The first-order valence-electron chi connectivity index (χ1n) is 7.72. The van der Waals surface area contributed by atoms with E-state index in [-0.39, 0.29) is 6.54 Å². The first-order chi connectivity index (χ1) is 11.6. The Balaban J connectivity index is 1.83. The van der Waals surface area contributed by atoms with E-state index in [0.29, 0.717) is 25.1 Å². The average Bonchev–Trinajstić information content (AvgIpc) is 3.08. The van der Waals surface area contributed by atoms with Crippen molar-refractivity contribution in [3.8, 4) is 11.3 Å². The van der Waals surface area contributed by atoms with Gasteiger partial charge < -0.3 is 10.0 Å². The summed E-state index contributed by atoms with van der Waals surface area (Å²) in [7, 11) is 0. The average molecular weight is 327 g/mol. The number of benzene rings is 1. The van der Waals surface area contributed by atoms with Gasteiger partial charge in [0.15, 0.2) is 0 Å². The van der Waals surface area contributed by atoms with Gasteiger partial charge in [0.25, 0.3) is 5.56 Å². The fraction of sp³-hybridized carbons (Fsp3) is 0.294. The number of aromatic nitrogens is 2. The Morgan fingerprint density at radius 2 is 1.92 bits per heavy atom. The number of hydrogen-bond donors (Lipinski definition) is 1. The number of amides is 1. The highest BCUT2D eigenvalue weighted by Gasteiger charge is 2.34. The van der Waals surface area contributed by atoms with Crippen LogP contribution >= 0.6 is 0 Å². The van der Waals surface area contributed by atoms with E-state index in [2.05, 4.69) is 5.10 Å². The normalized spacial score (nSPS) is 17.0. The molecule has 1 fully saturated rings. The highest BCUT2D eigenvalue weighted by molar-refractivity contribution is 5.84. The van der Waals surface area contributed by atoms with Crippen LogP contribution in [0.1, 0.15) is 12.8 Å². The van der Waals surface area contributed by atoms with Crippen LogP contribution in [0.2, 0.25) is 0 Å². The summed E-state index contributed by atoms with van der Waals surface area (Å²) in [5.74, 6) is -1.42. The zero-order valence-corrected chi connectivity index (χ0v) is 13.0. The number of nitrogens with zero attached hydrogens (tertiary/aromatic N) is 3. The number of hydrogen-bond acceptors (Lipinski definition) is 4. The molecular weight excluding hydrogens is 310 g/mol. The zero-order valence-electron chi connectivity index (χ0n) is 13.0. The molecule has 3 rings (SSSR count). The van der Waals surface area contributed by atoms with Crippen LogP contribution in [0.4, 0.5) is 0 Å². The molecule has 1 atom stereocenters. The fourth-order valence-electron chi connectivity index (χ4n) is 2.87. The van der Waals surface area contributed by atoms with Gasteiger partial charge >= 0.3 is 5.97 Å². The van der Waals surface area contributed by atoms with Crippen molar-refractivity contribution in [2.24, 2.45) is 0 Å². The molecule has 124 valence electrons. The van der Waals surface area contributed by atoms with Crippen molar-refractivity contribution >= 4 is 11.9 Å². The second kappa shape index (κ2) is 6.66. The maximum absolute atomic E-state index is 12.4. The third-order valence-electron chi connectivity index (χ3n) is 4.08. The van der Waals surface area contributed by atoms with E-state index < -0.39 is 23.5 Å². The largest absolute Gasteiger partial charge is 0.480 e. The molecule has 7 nitrogen and oxygen atoms in total. The van der Waals surface area contributed by atoms with Gasteiger partial charge in [-0.1, -0.05) is 30.3 Å². The summed E-state index contributed by atoms with van der Waals surface area (Å²) in [5, 5.41) is 13.4. The van der Waals surface area contributed by atoms with Crippen molar-refractivity contribution in [3.63, 3.8) is 0 Å². The molecule has 1 N–H and O–H groups in total. The van der Waals surface area contributed by atoms with Gasteiger partial charge in [-0.15, -0.1) is 0 Å². The van der Waals surface area contributed by atoms with Crippen LogP contribution in [0.5, 0.6) is 0 Å². The number of carboxylic acids is 1. The SMILES string of the molecule is O=C(O)[C@@H]1CCCN1C(=O)Cn1nc(-c2ccccc2)ccc1=O. The lowest BCUT2D eigenvalue weighted by Gasteiger charge is -2.21. The van der Waals surface area contributed by atoms with Gasteiger partial charge in [0, 0.05) is 18.2 Å². The summed E-state index contributed by atoms with van der Waals surface area (Å²) in [6.07, 6.45) is 1.09. The lowest BCUT2D eigenvalue weighted by molar-refractivity contribution is -0.148.